The highest BCUT2D eigenvalue weighted by Crippen LogP contribution is 1.97. The standard InChI is InChI=1S/C10H22N2O2/c1-10(9-11-2)14-8-5-12-3-6-13-7-4-12/h10-11H,3-9H2,1-2H3. The first-order valence-electron chi connectivity index (χ1n) is 5.39. The molecule has 1 heterocycles. The summed E-state index contributed by atoms with van der Waals surface area (Å²) in [6.45, 7) is 8.69. The predicted octanol–water partition coefficient (Wildman–Crippen LogP) is -0.0569. The van der Waals surface area contributed by atoms with Crippen molar-refractivity contribution in [1.82, 2.24) is 10.2 Å². The van der Waals surface area contributed by atoms with E-state index in [4.69, 9.17) is 9.47 Å². The number of nitrogens with zero attached hydrogens (tertiary/aromatic N) is 1. The Kier molecular flexibility index (Phi) is 6.10. The number of hydrogen-bond acceptors (Lipinski definition) is 4. The third kappa shape index (κ3) is 4.91. The molecule has 1 saturated heterocycles. The first-order chi connectivity index (χ1) is 6.83. The molecule has 14 heavy (non-hydrogen) atoms. The zero-order valence-electron chi connectivity index (χ0n) is 9.29. The molecule has 0 aromatic rings. The maximum Gasteiger partial charge on any atom is 0.0671 e. The summed E-state index contributed by atoms with van der Waals surface area (Å²) in [5.41, 5.74) is 0. The van der Waals surface area contributed by atoms with Crippen molar-refractivity contribution in [3.8, 4) is 0 Å². The van der Waals surface area contributed by atoms with Crippen molar-refractivity contribution in [1.29, 1.82) is 0 Å². The van der Waals surface area contributed by atoms with E-state index in [1.165, 1.54) is 0 Å². The van der Waals surface area contributed by atoms with Crippen molar-refractivity contribution >= 4 is 0 Å². The Morgan fingerprint density at radius 1 is 1.43 bits per heavy atom. The molecule has 1 rings (SSSR count). The van der Waals surface area contributed by atoms with Crippen LogP contribution in [0, 0.1) is 0 Å². The van der Waals surface area contributed by atoms with Gasteiger partial charge in [0.05, 0.1) is 25.9 Å². The molecule has 0 bridgehead atoms. The molecule has 1 unspecified atom stereocenters. The second-order valence-corrected chi connectivity index (χ2v) is 3.69. The van der Waals surface area contributed by atoms with Crippen molar-refractivity contribution in [2.24, 2.45) is 0 Å². The third-order valence-electron chi connectivity index (χ3n) is 2.41. The number of morpholine rings is 1. The van der Waals surface area contributed by atoms with Gasteiger partial charge in [0.1, 0.15) is 0 Å². The molecular weight excluding hydrogens is 180 g/mol. The summed E-state index contributed by atoms with van der Waals surface area (Å²) < 4.78 is 10.9. The van der Waals surface area contributed by atoms with Crippen LogP contribution in [-0.4, -0.2) is 64.1 Å². The lowest BCUT2D eigenvalue weighted by Crippen LogP contribution is -2.39. The summed E-state index contributed by atoms with van der Waals surface area (Å²) in [7, 11) is 1.95. The monoisotopic (exact) mass is 202 g/mol. The number of ether oxygens (including phenoxy) is 2. The Balaban J connectivity index is 1.96. The minimum Gasteiger partial charge on any atom is -0.379 e. The lowest BCUT2D eigenvalue weighted by molar-refractivity contribution is 0.00660. The highest BCUT2D eigenvalue weighted by atomic mass is 16.5. The van der Waals surface area contributed by atoms with Crippen molar-refractivity contribution in [3.63, 3.8) is 0 Å². The summed E-state index contributed by atoms with van der Waals surface area (Å²) in [5, 5.41) is 3.10. The van der Waals surface area contributed by atoms with E-state index in [1.54, 1.807) is 0 Å². The van der Waals surface area contributed by atoms with E-state index in [2.05, 4.69) is 17.1 Å². The predicted molar refractivity (Wildman–Crippen MR) is 56.6 cm³/mol. The van der Waals surface area contributed by atoms with E-state index in [9.17, 15) is 0 Å². The summed E-state index contributed by atoms with van der Waals surface area (Å²) in [4.78, 5) is 2.38. The average Bonchev–Trinajstić information content (AvgIpc) is 2.20. The molecule has 0 aromatic heterocycles. The van der Waals surface area contributed by atoms with Crippen LogP contribution in [0.15, 0.2) is 0 Å². The molecule has 0 spiro atoms. The van der Waals surface area contributed by atoms with Crippen LogP contribution in [0.5, 0.6) is 0 Å². The average molecular weight is 202 g/mol. The van der Waals surface area contributed by atoms with Crippen LogP contribution < -0.4 is 5.32 Å². The van der Waals surface area contributed by atoms with Gasteiger partial charge in [0.25, 0.3) is 0 Å². The van der Waals surface area contributed by atoms with Crippen molar-refractivity contribution in [2.75, 3.05) is 53.0 Å². The lowest BCUT2D eigenvalue weighted by Gasteiger charge is -2.26. The molecule has 0 radical (unpaired) electrons. The quantitative estimate of drug-likeness (QED) is 0.654. The number of rotatable bonds is 6. The van der Waals surface area contributed by atoms with Gasteiger partial charge < -0.3 is 14.8 Å². The maximum atomic E-state index is 5.64. The molecule has 4 heteroatoms. The molecule has 0 amide bonds. The van der Waals surface area contributed by atoms with Gasteiger partial charge in [0.2, 0.25) is 0 Å². The van der Waals surface area contributed by atoms with Crippen LogP contribution in [0.4, 0.5) is 0 Å². The van der Waals surface area contributed by atoms with E-state index < -0.39 is 0 Å². The van der Waals surface area contributed by atoms with E-state index in [-0.39, 0.29) is 0 Å². The van der Waals surface area contributed by atoms with Gasteiger partial charge in [-0.15, -0.1) is 0 Å². The zero-order valence-corrected chi connectivity index (χ0v) is 9.29. The summed E-state index contributed by atoms with van der Waals surface area (Å²) >= 11 is 0. The van der Waals surface area contributed by atoms with Crippen molar-refractivity contribution < 1.29 is 9.47 Å². The first kappa shape index (κ1) is 11.9. The SMILES string of the molecule is CNCC(C)OCCN1CCOCC1. The second-order valence-electron chi connectivity index (χ2n) is 3.69. The Bertz CT molecular complexity index is 138. The minimum absolute atomic E-state index is 0.307. The van der Waals surface area contributed by atoms with Gasteiger partial charge >= 0.3 is 0 Å². The number of hydrogen-bond donors (Lipinski definition) is 1. The van der Waals surface area contributed by atoms with E-state index in [0.29, 0.717) is 6.10 Å². The molecule has 0 aliphatic carbocycles. The Morgan fingerprint density at radius 3 is 2.79 bits per heavy atom. The molecule has 1 aliphatic rings. The fourth-order valence-corrected chi connectivity index (χ4v) is 1.55. The van der Waals surface area contributed by atoms with Crippen molar-refractivity contribution in [3.05, 3.63) is 0 Å². The molecule has 1 fully saturated rings. The fraction of sp³-hybridized carbons (Fsp3) is 1.00. The molecule has 1 aliphatic heterocycles. The van der Waals surface area contributed by atoms with E-state index >= 15 is 0 Å². The van der Waals surface area contributed by atoms with Crippen LogP contribution in [0.2, 0.25) is 0 Å². The van der Waals surface area contributed by atoms with Crippen LogP contribution in [0.3, 0.4) is 0 Å². The maximum absolute atomic E-state index is 5.64. The first-order valence-corrected chi connectivity index (χ1v) is 5.39. The summed E-state index contributed by atoms with van der Waals surface area (Å²) in [6.07, 6.45) is 0.307. The molecule has 4 nitrogen and oxygen atoms in total. The normalized spacial score (nSPS) is 21.0. The Morgan fingerprint density at radius 2 is 2.14 bits per heavy atom. The van der Waals surface area contributed by atoms with Gasteiger partial charge in [0.15, 0.2) is 0 Å². The Hall–Kier alpha value is -0.160. The van der Waals surface area contributed by atoms with E-state index in [1.807, 2.05) is 7.05 Å². The van der Waals surface area contributed by atoms with Crippen LogP contribution >= 0.6 is 0 Å². The van der Waals surface area contributed by atoms with Gasteiger partial charge in [-0.1, -0.05) is 0 Å². The molecule has 1 atom stereocenters. The van der Waals surface area contributed by atoms with E-state index in [0.717, 1.165) is 46.0 Å². The van der Waals surface area contributed by atoms with Crippen LogP contribution in [0.1, 0.15) is 6.92 Å². The molecule has 0 aromatic carbocycles. The lowest BCUT2D eigenvalue weighted by atomic mass is 10.4. The van der Waals surface area contributed by atoms with Gasteiger partial charge in [-0.2, -0.15) is 0 Å². The topological polar surface area (TPSA) is 33.7 Å². The Labute approximate surface area is 86.6 Å². The van der Waals surface area contributed by atoms with Gasteiger partial charge in [-0.05, 0) is 14.0 Å². The van der Waals surface area contributed by atoms with Crippen LogP contribution in [0.25, 0.3) is 0 Å². The molecular formula is C10H22N2O2. The number of likely N-dealkylation sites (N-methyl/N-ethyl adjacent to an activating group) is 1. The van der Waals surface area contributed by atoms with Gasteiger partial charge in [-0.25, -0.2) is 0 Å². The highest BCUT2D eigenvalue weighted by molar-refractivity contribution is 4.61. The second kappa shape index (κ2) is 7.17. The largest absolute Gasteiger partial charge is 0.379 e. The van der Waals surface area contributed by atoms with Gasteiger partial charge in [-0.3, -0.25) is 4.90 Å². The summed E-state index contributed by atoms with van der Waals surface area (Å²) in [5.74, 6) is 0. The van der Waals surface area contributed by atoms with Crippen LogP contribution in [-0.2, 0) is 9.47 Å². The molecule has 84 valence electrons. The smallest absolute Gasteiger partial charge is 0.0671 e. The van der Waals surface area contributed by atoms with Crippen molar-refractivity contribution in [2.45, 2.75) is 13.0 Å². The highest BCUT2D eigenvalue weighted by Gasteiger charge is 2.10. The molecule has 1 N–H and O–H groups in total. The number of nitrogens with one attached hydrogen (secondary N) is 1. The van der Waals surface area contributed by atoms with Gasteiger partial charge in [0, 0.05) is 26.2 Å². The minimum atomic E-state index is 0.307. The summed E-state index contributed by atoms with van der Waals surface area (Å²) in [6, 6.07) is 0. The fourth-order valence-electron chi connectivity index (χ4n) is 1.55. The zero-order chi connectivity index (χ0) is 10.2. The molecule has 0 saturated carbocycles. The third-order valence-corrected chi connectivity index (χ3v) is 2.41.